The Hall–Kier alpha value is -0.280. The van der Waals surface area contributed by atoms with Crippen molar-refractivity contribution in [1.29, 1.82) is 0 Å². The maximum Gasteiger partial charge on any atom is 0.224 e. The van der Waals surface area contributed by atoms with Crippen molar-refractivity contribution >= 4 is 18.3 Å². The largest absolute Gasteiger partial charge is 0.355 e. The molecule has 2 aliphatic rings. The van der Waals surface area contributed by atoms with Crippen LogP contribution in [0.5, 0.6) is 0 Å². The topological polar surface area (TPSA) is 41.1 Å². The van der Waals surface area contributed by atoms with Crippen molar-refractivity contribution in [1.82, 2.24) is 10.6 Å². The Bertz CT molecular complexity index is 210. The van der Waals surface area contributed by atoms with E-state index in [0.29, 0.717) is 5.41 Å². The zero-order valence-corrected chi connectivity index (χ0v) is 9.45. The highest BCUT2D eigenvalue weighted by Gasteiger charge is 2.37. The summed E-state index contributed by atoms with van der Waals surface area (Å²) in [4.78, 5) is 11.6. The molecule has 1 aliphatic carbocycles. The summed E-state index contributed by atoms with van der Waals surface area (Å²) >= 11 is 0. The van der Waals surface area contributed by atoms with Crippen LogP contribution in [-0.2, 0) is 4.79 Å². The normalized spacial score (nSPS) is 27.9. The van der Waals surface area contributed by atoms with Crippen LogP contribution in [-0.4, -0.2) is 25.5 Å². The van der Waals surface area contributed by atoms with Crippen LogP contribution in [0.2, 0.25) is 0 Å². The summed E-state index contributed by atoms with van der Waals surface area (Å²) in [5, 5.41) is 6.25. The molecule has 2 N–H and O–H groups in total. The Balaban J connectivity index is 0.000000980. The Kier molecular flexibility index (Phi) is 3.78. The van der Waals surface area contributed by atoms with Gasteiger partial charge in [-0.25, -0.2) is 0 Å². The number of amides is 1. The molecule has 82 valence electrons. The van der Waals surface area contributed by atoms with E-state index in [1.807, 2.05) is 0 Å². The third-order valence-corrected chi connectivity index (χ3v) is 3.22. The van der Waals surface area contributed by atoms with Gasteiger partial charge in [-0.05, 0) is 31.2 Å². The number of hydrogen-bond donors (Lipinski definition) is 2. The zero-order chi connectivity index (χ0) is 9.31. The van der Waals surface area contributed by atoms with Gasteiger partial charge in [-0.15, -0.1) is 12.4 Å². The fourth-order valence-electron chi connectivity index (χ4n) is 1.71. The predicted octanol–water partition coefficient (Wildman–Crippen LogP) is 0.934. The Morgan fingerprint density at radius 2 is 2.29 bits per heavy atom. The van der Waals surface area contributed by atoms with Gasteiger partial charge in [0.15, 0.2) is 0 Å². The molecule has 1 atom stereocenters. The molecule has 1 aliphatic heterocycles. The van der Waals surface area contributed by atoms with E-state index in [4.69, 9.17) is 0 Å². The second kappa shape index (κ2) is 4.49. The van der Waals surface area contributed by atoms with Gasteiger partial charge in [-0.1, -0.05) is 6.92 Å². The highest BCUT2D eigenvalue weighted by Crippen LogP contribution is 2.44. The summed E-state index contributed by atoms with van der Waals surface area (Å²) in [5.41, 5.74) is 0.432. The number of carbonyl (C=O) groups is 1. The van der Waals surface area contributed by atoms with Gasteiger partial charge in [0.1, 0.15) is 0 Å². The lowest BCUT2D eigenvalue weighted by atomic mass is 10.1. The Morgan fingerprint density at radius 1 is 1.57 bits per heavy atom. The van der Waals surface area contributed by atoms with Crippen LogP contribution < -0.4 is 10.6 Å². The molecule has 0 aromatic heterocycles. The van der Waals surface area contributed by atoms with Crippen LogP contribution in [0, 0.1) is 11.3 Å². The van der Waals surface area contributed by atoms with E-state index in [9.17, 15) is 4.79 Å². The van der Waals surface area contributed by atoms with Crippen LogP contribution in [0.1, 0.15) is 26.2 Å². The molecule has 3 nitrogen and oxygen atoms in total. The molecule has 1 amide bonds. The lowest BCUT2D eigenvalue weighted by Crippen LogP contribution is -2.35. The second-order valence-electron chi connectivity index (χ2n) is 4.72. The van der Waals surface area contributed by atoms with Crippen molar-refractivity contribution < 1.29 is 4.79 Å². The molecule has 2 rings (SSSR count). The van der Waals surface area contributed by atoms with Crippen molar-refractivity contribution in [3.8, 4) is 0 Å². The van der Waals surface area contributed by atoms with Crippen LogP contribution in [0.15, 0.2) is 0 Å². The van der Waals surface area contributed by atoms with Gasteiger partial charge < -0.3 is 10.6 Å². The lowest BCUT2D eigenvalue weighted by Gasteiger charge is -2.13. The molecule has 1 saturated heterocycles. The standard InChI is InChI=1S/C10H18N2O.ClH/c1-10(3-4-10)7-12-9(13)8-2-5-11-6-8;/h8,11H,2-7H2,1H3,(H,12,13);1H/t8-;/m0./s1. The second-order valence-corrected chi connectivity index (χ2v) is 4.72. The molecule has 2 fully saturated rings. The van der Waals surface area contributed by atoms with Crippen LogP contribution >= 0.6 is 12.4 Å². The van der Waals surface area contributed by atoms with E-state index in [1.165, 1.54) is 12.8 Å². The van der Waals surface area contributed by atoms with Gasteiger partial charge in [0.2, 0.25) is 5.91 Å². The van der Waals surface area contributed by atoms with E-state index in [1.54, 1.807) is 0 Å². The minimum Gasteiger partial charge on any atom is -0.355 e. The summed E-state index contributed by atoms with van der Waals surface area (Å²) in [6.07, 6.45) is 3.55. The Morgan fingerprint density at radius 3 is 2.79 bits per heavy atom. The van der Waals surface area contributed by atoms with E-state index in [2.05, 4.69) is 17.6 Å². The maximum absolute atomic E-state index is 11.6. The minimum atomic E-state index is 0. The Labute approximate surface area is 91.4 Å². The number of carbonyl (C=O) groups excluding carboxylic acids is 1. The maximum atomic E-state index is 11.6. The average molecular weight is 219 g/mol. The van der Waals surface area contributed by atoms with Gasteiger partial charge in [0.05, 0.1) is 5.92 Å². The molecule has 0 radical (unpaired) electrons. The molecular weight excluding hydrogens is 200 g/mol. The first-order valence-corrected chi connectivity index (χ1v) is 5.18. The number of rotatable bonds is 3. The fourth-order valence-corrected chi connectivity index (χ4v) is 1.71. The SMILES string of the molecule is CC1(CNC(=O)[C@H]2CCNC2)CC1.Cl. The zero-order valence-electron chi connectivity index (χ0n) is 8.64. The molecule has 0 aromatic rings. The van der Waals surface area contributed by atoms with E-state index >= 15 is 0 Å². The van der Waals surface area contributed by atoms with E-state index < -0.39 is 0 Å². The van der Waals surface area contributed by atoms with Gasteiger partial charge >= 0.3 is 0 Å². The minimum absolute atomic E-state index is 0. The summed E-state index contributed by atoms with van der Waals surface area (Å²) in [7, 11) is 0. The predicted molar refractivity (Wildman–Crippen MR) is 58.6 cm³/mol. The van der Waals surface area contributed by atoms with Gasteiger partial charge in [-0.3, -0.25) is 4.79 Å². The molecule has 4 heteroatoms. The molecule has 1 heterocycles. The van der Waals surface area contributed by atoms with Crippen molar-refractivity contribution in [3.63, 3.8) is 0 Å². The molecule has 0 spiro atoms. The molecule has 1 saturated carbocycles. The van der Waals surface area contributed by atoms with Crippen LogP contribution in [0.3, 0.4) is 0 Å². The van der Waals surface area contributed by atoms with Gasteiger partial charge in [0, 0.05) is 13.1 Å². The smallest absolute Gasteiger partial charge is 0.224 e. The molecule has 14 heavy (non-hydrogen) atoms. The summed E-state index contributed by atoms with van der Waals surface area (Å²) in [5.74, 6) is 0.473. The van der Waals surface area contributed by atoms with Crippen molar-refractivity contribution in [2.24, 2.45) is 11.3 Å². The number of hydrogen-bond acceptors (Lipinski definition) is 2. The third-order valence-electron chi connectivity index (χ3n) is 3.22. The molecule has 0 bridgehead atoms. The first-order chi connectivity index (χ1) is 6.20. The monoisotopic (exact) mass is 218 g/mol. The van der Waals surface area contributed by atoms with Gasteiger partial charge in [-0.2, -0.15) is 0 Å². The quantitative estimate of drug-likeness (QED) is 0.740. The van der Waals surface area contributed by atoms with Crippen molar-refractivity contribution in [2.75, 3.05) is 19.6 Å². The lowest BCUT2D eigenvalue weighted by molar-refractivity contribution is -0.124. The van der Waals surface area contributed by atoms with Crippen LogP contribution in [0.4, 0.5) is 0 Å². The average Bonchev–Trinajstić information content (AvgIpc) is 2.69. The van der Waals surface area contributed by atoms with Crippen molar-refractivity contribution in [3.05, 3.63) is 0 Å². The summed E-state index contributed by atoms with van der Waals surface area (Å²) in [6.45, 7) is 4.97. The summed E-state index contributed by atoms with van der Waals surface area (Å²) < 4.78 is 0. The number of nitrogens with one attached hydrogen (secondary N) is 2. The third kappa shape index (κ3) is 2.85. The highest BCUT2D eigenvalue weighted by molar-refractivity contribution is 5.85. The first kappa shape index (κ1) is 11.8. The van der Waals surface area contributed by atoms with E-state index in [0.717, 1.165) is 26.1 Å². The van der Waals surface area contributed by atoms with E-state index in [-0.39, 0.29) is 24.2 Å². The number of halogens is 1. The first-order valence-electron chi connectivity index (χ1n) is 5.18. The van der Waals surface area contributed by atoms with Crippen molar-refractivity contribution in [2.45, 2.75) is 26.2 Å². The molecule has 0 aromatic carbocycles. The van der Waals surface area contributed by atoms with Gasteiger partial charge in [0.25, 0.3) is 0 Å². The summed E-state index contributed by atoms with van der Waals surface area (Å²) in [6, 6.07) is 0. The molecule has 0 unspecified atom stereocenters. The highest BCUT2D eigenvalue weighted by atomic mass is 35.5. The van der Waals surface area contributed by atoms with Crippen LogP contribution in [0.25, 0.3) is 0 Å². The molecular formula is C10H19ClN2O. The fraction of sp³-hybridized carbons (Fsp3) is 0.900.